The number of urea groups is 1. The van der Waals surface area contributed by atoms with Crippen molar-refractivity contribution in [3.8, 4) is 0 Å². The number of carbonyl (C=O) groups is 3. The second kappa shape index (κ2) is 9.57. The monoisotopic (exact) mass is 425 g/mol. The fraction of sp³-hybridized carbons (Fsp3) is 0. The zero-order valence-electron chi connectivity index (χ0n) is 15.5. The van der Waals surface area contributed by atoms with E-state index in [1.807, 2.05) is 0 Å². The van der Waals surface area contributed by atoms with E-state index in [2.05, 4.69) is 10.3 Å². The third-order valence-electron chi connectivity index (χ3n) is 4.40. The zero-order chi connectivity index (χ0) is 21.1. The summed E-state index contributed by atoms with van der Waals surface area (Å²) in [5, 5.41) is 11.5. The van der Waals surface area contributed by atoms with Gasteiger partial charge in [0.1, 0.15) is 5.52 Å². The van der Waals surface area contributed by atoms with Gasteiger partial charge < -0.3 is 9.52 Å². The van der Waals surface area contributed by atoms with Gasteiger partial charge in [0, 0.05) is 5.56 Å². The predicted molar refractivity (Wildman–Crippen MR) is 116 cm³/mol. The molecule has 4 aromatic rings. The van der Waals surface area contributed by atoms with Crippen molar-refractivity contribution < 1.29 is 23.9 Å². The van der Waals surface area contributed by atoms with Crippen molar-refractivity contribution in [2.75, 3.05) is 4.90 Å². The SMILES string of the molecule is O=C(O)c1ccc(N(C(=O)NC(=O)c2ccc3ncoc3c2)c2ccccc2)cc1.[NaH]. The first-order chi connectivity index (χ1) is 14.5. The Labute approximate surface area is 198 Å². The molecule has 0 aliphatic heterocycles. The summed E-state index contributed by atoms with van der Waals surface area (Å²) in [6.07, 6.45) is 1.27. The number of imide groups is 1. The standard InChI is InChI=1S/C22H15N3O5.Na.H/c26-20(15-8-11-18-19(12-15)30-13-23-18)24-22(29)25(16-4-2-1-3-5-16)17-9-6-14(7-10-17)21(27)28;;/h1-13H,(H,27,28)(H,24,26,29);;. The molecule has 0 fully saturated rings. The van der Waals surface area contributed by atoms with Crippen LogP contribution in [0.2, 0.25) is 0 Å². The quantitative estimate of drug-likeness (QED) is 0.484. The number of para-hydroxylation sites is 1. The van der Waals surface area contributed by atoms with Crippen molar-refractivity contribution in [3.63, 3.8) is 0 Å². The van der Waals surface area contributed by atoms with Crippen LogP contribution in [0.3, 0.4) is 0 Å². The minimum absolute atomic E-state index is 0. The molecular formula is C22H16N3NaO5. The van der Waals surface area contributed by atoms with E-state index in [1.165, 1.54) is 41.6 Å². The number of fused-ring (bicyclic) bond motifs is 1. The van der Waals surface area contributed by atoms with Crippen molar-refractivity contribution in [1.29, 1.82) is 0 Å². The molecule has 4 rings (SSSR count). The second-order valence-corrected chi connectivity index (χ2v) is 6.32. The molecule has 0 unspecified atom stereocenters. The minimum atomic E-state index is -1.07. The van der Waals surface area contributed by atoms with Gasteiger partial charge in [0.25, 0.3) is 5.91 Å². The fourth-order valence-corrected chi connectivity index (χ4v) is 2.94. The van der Waals surface area contributed by atoms with E-state index < -0.39 is 17.9 Å². The average molecular weight is 425 g/mol. The first kappa shape index (κ1) is 22.2. The van der Waals surface area contributed by atoms with Crippen LogP contribution in [0, 0.1) is 0 Å². The molecule has 0 saturated carbocycles. The molecule has 150 valence electrons. The first-order valence-corrected chi connectivity index (χ1v) is 8.90. The molecule has 3 amide bonds. The van der Waals surface area contributed by atoms with Crippen molar-refractivity contribution in [2.24, 2.45) is 0 Å². The number of carboxylic acids is 1. The summed E-state index contributed by atoms with van der Waals surface area (Å²) in [7, 11) is 0. The molecule has 0 saturated heterocycles. The number of aromatic carboxylic acids is 1. The van der Waals surface area contributed by atoms with Crippen LogP contribution >= 0.6 is 0 Å². The number of nitrogens with zero attached hydrogens (tertiary/aromatic N) is 2. The fourth-order valence-electron chi connectivity index (χ4n) is 2.94. The third-order valence-corrected chi connectivity index (χ3v) is 4.40. The van der Waals surface area contributed by atoms with Gasteiger partial charge in [0.2, 0.25) is 0 Å². The van der Waals surface area contributed by atoms with Crippen LogP contribution in [-0.4, -0.2) is 57.6 Å². The van der Waals surface area contributed by atoms with Gasteiger partial charge in [-0.3, -0.25) is 15.0 Å². The summed E-state index contributed by atoms with van der Waals surface area (Å²) in [6.45, 7) is 0. The Morgan fingerprint density at radius 1 is 0.871 bits per heavy atom. The molecule has 0 atom stereocenters. The van der Waals surface area contributed by atoms with Gasteiger partial charge in [-0.1, -0.05) is 18.2 Å². The van der Waals surface area contributed by atoms with Gasteiger partial charge >= 0.3 is 41.6 Å². The van der Waals surface area contributed by atoms with Gasteiger partial charge in [0.15, 0.2) is 12.0 Å². The number of benzene rings is 3. The molecule has 1 aromatic heterocycles. The second-order valence-electron chi connectivity index (χ2n) is 6.32. The average Bonchev–Trinajstić information content (AvgIpc) is 3.23. The van der Waals surface area contributed by atoms with Crippen molar-refractivity contribution >= 4 is 69.9 Å². The molecule has 0 bridgehead atoms. The number of hydrogen-bond donors (Lipinski definition) is 2. The van der Waals surface area contributed by atoms with Crippen molar-refractivity contribution in [1.82, 2.24) is 10.3 Å². The van der Waals surface area contributed by atoms with Crippen LogP contribution in [0.5, 0.6) is 0 Å². The van der Waals surface area contributed by atoms with Crippen LogP contribution in [-0.2, 0) is 0 Å². The van der Waals surface area contributed by atoms with Crippen molar-refractivity contribution in [2.45, 2.75) is 0 Å². The van der Waals surface area contributed by atoms with Gasteiger partial charge in [-0.15, -0.1) is 0 Å². The Balaban J connectivity index is 0.00000272. The Hall–Kier alpha value is -3.46. The van der Waals surface area contributed by atoms with E-state index in [4.69, 9.17) is 9.52 Å². The van der Waals surface area contributed by atoms with E-state index in [0.29, 0.717) is 22.5 Å². The maximum absolute atomic E-state index is 13.0. The summed E-state index contributed by atoms with van der Waals surface area (Å²) in [6, 6.07) is 18.5. The van der Waals surface area contributed by atoms with E-state index in [0.717, 1.165) is 0 Å². The first-order valence-electron chi connectivity index (χ1n) is 8.90. The molecule has 0 spiro atoms. The molecule has 0 aliphatic rings. The van der Waals surface area contributed by atoms with E-state index in [9.17, 15) is 14.4 Å². The van der Waals surface area contributed by atoms with Gasteiger partial charge in [0.05, 0.1) is 16.9 Å². The number of hydrogen-bond acceptors (Lipinski definition) is 5. The number of nitrogens with one attached hydrogen (secondary N) is 1. The van der Waals surface area contributed by atoms with Crippen LogP contribution in [0.25, 0.3) is 11.1 Å². The summed E-state index contributed by atoms with van der Waals surface area (Å²) < 4.78 is 5.20. The summed E-state index contributed by atoms with van der Waals surface area (Å²) in [5.74, 6) is -1.68. The molecule has 9 heteroatoms. The van der Waals surface area contributed by atoms with Crippen LogP contribution in [0.1, 0.15) is 20.7 Å². The number of carbonyl (C=O) groups excluding carboxylic acids is 2. The zero-order valence-corrected chi connectivity index (χ0v) is 15.5. The van der Waals surface area contributed by atoms with Crippen molar-refractivity contribution in [3.05, 3.63) is 90.3 Å². The van der Waals surface area contributed by atoms with Gasteiger partial charge in [-0.25, -0.2) is 14.6 Å². The molecule has 31 heavy (non-hydrogen) atoms. The van der Waals surface area contributed by atoms with Gasteiger partial charge in [-0.05, 0) is 54.6 Å². The maximum atomic E-state index is 13.0. The summed E-state index contributed by atoms with van der Waals surface area (Å²) in [4.78, 5) is 42.0. The molecule has 0 aliphatic carbocycles. The van der Waals surface area contributed by atoms with Crippen LogP contribution in [0.4, 0.5) is 16.2 Å². The normalized spacial score (nSPS) is 10.2. The number of oxazole rings is 1. The molecule has 0 radical (unpaired) electrons. The number of carboxylic acid groups (broad SMARTS) is 1. The van der Waals surface area contributed by atoms with E-state index in [1.54, 1.807) is 42.5 Å². The summed E-state index contributed by atoms with van der Waals surface area (Å²) >= 11 is 0. The Kier molecular flexibility index (Phi) is 6.86. The number of anilines is 2. The summed E-state index contributed by atoms with van der Waals surface area (Å²) in [5.41, 5.74) is 2.27. The Morgan fingerprint density at radius 3 is 2.19 bits per heavy atom. The van der Waals surface area contributed by atoms with Crippen LogP contribution in [0.15, 0.2) is 83.6 Å². The third kappa shape index (κ3) is 4.83. The molecule has 3 aromatic carbocycles. The molecule has 2 N–H and O–H groups in total. The van der Waals surface area contributed by atoms with E-state index in [-0.39, 0.29) is 40.7 Å². The molecule has 1 heterocycles. The number of rotatable bonds is 4. The van der Waals surface area contributed by atoms with Gasteiger partial charge in [-0.2, -0.15) is 0 Å². The van der Waals surface area contributed by atoms with Crippen LogP contribution < -0.4 is 10.2 Å². The number of amides is 3. The molecular weight excluding hydrogens is 409 g/mol. The Bertz CT molecular complexity index is 1240. The predicted octanol–water partition coefficient (Wildman–Crippen LogP) is 3.57. The van der Waals surface area contributed by atoms with E-state index >= 15 is 0 Å². The number of aromatic nitrogens is 1. The Morgan fingerprint density at radius 2 is 1.52 bits per heavy atom. The molecule has 8 nitrogen and oxygen atoms in total. The topological polar surface area (TPSA) is 113 Å².